The molecular weight excluding hydrogens is 373 g/mol. The molecule has 3 aliphatic heterocycles. The maximum atomic E-state index is 12.7. The molecule has 2 aromatic rings. The van der Waals surface area contributed by atoms with Crippen molar-refractivity contribution in [3.63, 3.8) is 0 Å². The Labute approximate surface area is 160 Å². The van der Waals surface area contributed by atoms with Crippen molar-refractivity contribution in [1.29, 1.82) is 0 Å². The number of nitrogens with zero attached hydrogens (tertiary/aromatic N) is 1. The Balaban J connectivity index is 1.47. The minimum atomic E-state index is -4.34. The number of carbonyl (C=O) groups excluding carboxylic acids is 1. The third-order valence-electron chi connectivity index (χ3n) is 5.80. The molecule has 0 radical (unpaired) electrons. The molecule has 2 unspecified atom stereocenters. The number of nitrogens with one attached hydrogen (secondary N) is 1. The van der Waals surface area contributed by atoms with Gasteiger partial charge in [-0.3, -0.25) is 9.69 Å². The Morgan fingerprint density at radius 1 is 1.11 bits per heavy atom. The standard InChI is InChI=1S/C20H21F3N2OS/c1-12-18(14-8-10-25(12)11-9-14)24-19(26)17-7-6-16(27-17)13-2-4-15(5-3-13)20(21,22)23/h2-7,12,14,18H,8-11H2,1H3,(H,24,26). The highest BCUT2D eigenvalue weighted by atomic mass is 32.1. The summed E-state index contributed by atoms with van der Waals surface area (Å²) >= 11 is 1.31. The van der Waals surface area contributed by atoms with E-state index < -0.39 is 11.7 Å². The summed E-state index contributed by atoms with van der Waals surface area (Å²) < 4.78 is 38.1. The number of piperidine rings is 3. The predicted molar refractivity (Wildman–Crippen MR) is 99.8 cm³/mol. The number of halogens is 3. The summed E-state index contributed by atoms with van der Waals surface area (Å²) in [5, 5.41) is 3.19. The third-order valence-corrected chi connectivity index (χ3v) is 6.94. The fourth-order valence-electron chi connectivity index (χ4n) is 4.21. The molecular formula is C20H21F3N2OS. The number of carbonyl (C=O) groups is 1. The lowest BCUT2D eigenvalue weighted by Crippen LogP contribution is -2.62. The molecule has 7 heteroatoms. The van der Waals surface area contributed by atoms with Crippen LogP contribution in [-0.2, 0) is 6.18 Å². The highest BCUT2D eigenvalue weighted by molar-refractivity contribution is 7.17. The summed E-state index contributed by atoms with van der Waals surface area (Å²) in [6.45, 7) is 4.38. The van der Waals surface area contributed by atoms with Crippen molar-refractivity contribution in [2.24, 2.45) is 5.92 Å². The molecule has 2 atom stereocenters. The molecule has 27 heavy (non-hydrogen) atoms. The SMILES string of the molecule is CC1C(NC(=O)c2ccc(-c3ccc(C(F)(F)F)cc3)s2)C2CCN1CC2. The molecule has 5 rings (SSSR count). The molecule has 1 aromatic heterocycles. The highest BCUT2D eigenvalue weighted by Gasteiger charge is 2.40. The lowest BCUT2D eigenvalue weighted by molar-refractivity contribution is -0.137. The van der Waals surface area contributed by atoms with Gasteiger partial charge in [-0.05, 0) is 68.6 Å². The van der Waals surface area contributed by atoms with Gasteiger partial charge in [0.15, 0.2) is 0 Å². The molecule has 3 nitrogen and oxygen atoms in total. The quantitative estimate of drug-likeness (QED) is 0.822. The predicted octanol–water partition coefficient (Wildman–Crippen LogP) is 4.65. The first-order valence-electron chi connectivity index (χ1n) is 9.15. The van der Waals surface area contributed by atoms with Crippen molar-refractivity contribution >= 4 is 17.2 Å². The van der Waals surface area contributed by atoms with Gasteiger partial charge in [0.25, 0.3) is 5.91 Å². The third kappa shape index (κ3) is 3.62. The van der Waals surface area contributed by atoms with Gasteiger partial charge < -0.3 is 5.32 Å². The molecule has 0 aliphatic carbocycles. The summed E-state index contributed by atoms with van der Waals surface area (Å²) in [6, 6.07) is 9.10. The van der Waals surface area contributed by atoms with Gasteiger partial charge in [0, 0.05) is 17.0 Å². The van der Waals surface area contributed by atoms with Gasteiger partial charge in [-0.2, -0.15) is 13.2 Å². The van der Waals surface area contributed by atoms with Crippen LogP contribution in [0.4, 0.5) is 13.2 Å². The van der Waals surface area contributed by atoms with Crippen LogP contribution in [0.25, 0.3) is 10.4 Å². The van der Waals surface area contributed by atoms with Crippen molar-refractivity contribution in [3.8, 4) is 10.4 Å². The summed E-state index contributed by atoms with van der Waals surface area (Å²) in [7, 11) is 0. The van der Waals surface area contributed by atoms with Crippen LogP contribution in [0.15, 0.2) is 36.4 Å². The summed E-state index contributed by atoms with van der Waals surface area (Å²) in [4.78, 5) is 16.5. The zero-order valence-corrected chi connectivity index (χ0v) is 15.7. The second kappa shape index (κ2) is 6.95. The molecule has 3 fully saturated rings. The summed E-state index contributed by atoms with van der Waals surface area (Å²) in [5.74, 6) is 0.437. The average Bonchev–Trinajstić information content (AvgIpc) is 3.15. The Morgan fingerprint density at radius 2 is 1.78 bits per heavy atom. The summed E-state index contributed by atoms with van der Waals surface area (Å²) in [6.07, 6.45) is -2.10. The topological polar surface area (TPSA) is 32.3 Å². The van der Waals surface area contributed by atoms with E-state index in [1.165, 1.54) is 23.5 Å². The van der Waals surface area contributed by atoms with Gasteiger partial charge >= 0.3 is 6.18 Å². The van der Waals surface area contributed by atoms with E-state index in [2.05, 4.69) is 17.1 Å². The first-order valence-corrected chi connectivity index (χ1v) is 9.97. The van der Waals surface area contributed by atoms with E-state index in [9.17, 15) is 18.0 Å². The Morgan fingerprint density at radius 3 is 2.37 bits per heavy atom. The van der Waals surface area contributed by atoms with Gasteiger partial charge in [0.2, 0.25) is 0 Å². The number of fused-ring (bicyclic) bond motifs is 3. The summed E-state index contributed by atoms with van der Waals surface area (Å²) in [5.41, 5.74) is 0.0142. The van der Waals surface area contributed by atoms with Crippen molar-refractivity contribution < 1.29 is 18.0 Å². The molecule has 1 N–H and O–H groups in total. The monoisotopic (exact) mass is 394 g/mol. The number of alkyl halides is 3. The van der Waals surface area contributed by atoms with Crippen LogP contribution in [0.3, 0.4) is 0 Å². The molecule has 0 saturated carbocycles. The number of thiophene rings is 1. The number of hydrogen-bond donors (Lipinski definition) is 1. The average molecular weight is 394 g/mol. The van der Waals surface area contributed by atoms with Crippen molar-refractivity contribution in [3.05, 3.63) is 46.8 Å². The first kappa shape index (κ1) is 18.5. The van der Waals surface area contributed by atoms with E-state index in [4.69, 9.17) is 0 Å². The molecule has 144 valence electrons. The lowest BCUT2D eigenvalue weighted by atomic mass is 9.79. The van der Waals surface area contributed by atoms with Crippen LogP contribution < -0.4 is 5.32 Å². The molecule has 2 bridgehead atoms. The zero-order chi connectivity index (χ0) is 19.2. The minimum absolute atomic E-state index is 0.0937. The Kier molecular flexibility index (Phi) is 4.76. The van der Waals surface area contributed by atoms with Crippen molar-refractivity contribution in [2.75, 3.05) is 13.1 Å². The largest absolute Gasteiger partial charge is 0.416 e. The van der Waals surface area contributed by atoms with Gasteiger partial charge in [0.1, 0.15) is 0 Å². The number of hydrogen-bond acceptors (Lipinski definition) is 3. The molecule has 4 heterocycles. The van der Waals surface area contributed by atoms with Crippen LogP contribution in [0.1, 0.15) is 35.0 Å². The van der Waals surface area contributed by atoms with Crippen molar-refractivity contribution in [1.82, 2.24) is 10.2 Å². The van der Waals surface area contributed by atoms with Crippen LogP contribution in [0, 0.1) is 5.92 Å². The normalized spacial score (nSPS) is 27.6. The van der Waals surface area contributed by atoms with E-state index in [-0.39, 0.29) is 11.9 Å². The molecule has 3 aliphatic rings. The van der Waals surface area contributed by atoms with E-state index in [1.54, 1.807) is 12.1 Å². The second-order valence-electron chi connectivity index (χ2n) is 7.35. The number of rotatable bonds is 3. The minimum Gasteiger partial charge on any atom is -0.347 e. The number of amides is 1. The van der Waals surface area contributed by atoms with E-state index in [0.717, 1.165) is 42.9 Å². The Bertz CT molecular complexity index is 820. The molecule has 0 spiro atoms. The Hall–Kier alpha value is -1.86. The van der Waals surface area contributed by atoms with E-state index >= 15 is 0 Å². The zero-order valence-electron chi connectivity index (χ0n) is 14.9. The van der Waals surface area contributed by atoms with Crippen LogP contribution >= 0.6 is 11.3 Å². The maximum Gasteiger partial charge on any atom is 0.416 e. The highest BCUT2D eigenvalue weighted by Crippen LogP contribution is 2.34. The van der Waals surface area contributed by atoms with E-state index in [0.29, 0.717) is 22.4 Å². The molecule has 1 amide bonds. The maximum absolute atomic E-state index is 12.7. The van der Waals surface area contributed by atoms with Crippen LogP contribution in [0.2, 0.25) is 0 Å². The van der Waals surface area contributed by atoms with Gasteiger partial charge in [0.05, 0.1) is 10.4 Å². The smallest absolute Gasteiger partial charge is 0.347 e. The van der Waals surface area contributed by atoms with Gasteiger partial charge in [-0.1, -0.05) is 12.1 Å². The number of benzene rings is 1. The fourth-order valence-corrected chi connectivity index (χ4v) is 5.12. The van der Waals surface area contributed by atoms with E-state index in [1.807, 2.05) is 0 Å². The van der Waals surface area contributed by atoms with Gasteiger partial charge in [-0.25, -0.2) is 0 Å². The van der Waals surface area contributed by atoms with Gasteiger partial charge in [-0.15, -0.1) is 11.3 Å². The lowest BCUT2D eigenvalue weighted by Gasteiger charge is -2.49. The van der Waals surface area contributed by atoms with Crippen LogP contribution in [0.5, 0.6) is 0 Å². The molecule has 3 saturated heterocycles. The fraction of sp³-hybridized carbons (Fsp3) is 0.450. The van der Waals surface area contributed by atoms with Crippen LogP contribution in [-0.4, -0.2) is 36.0 Å². The first-order chi connectivity index (χ1) is 12.8. The molecule has 1 aromatic carbocycles. The second-order valence-corrected chi connectivity index (χ2v) is 8.44. The van der Waals surface area contributed by atoms with Crippen molar-refractivity contribution in [2.45, 2.75) is 38.0 Å².